The molecule has 6 heteroatoms. The van der Waals surface area contributed by atoms with Crippen molar-refractivity contribution >= 4 is 11.8 Å². The van der Waals surface area contributed by atoms with Crippen LogP contribution in [-0.4, -0.2) is 36.2 Å². The zero-order valence-electron chi connectivity index (χ0n) is 19.0. The molecule has 0 aromatic heterocycles. The molecule has 32 heavy (non-hydrogen) atoms. The van der Waals surface area contributed by atoms with Crippen LogP contribution < -0.4 is 10.5 Å². The van der Waals surface area contributed by atoms with Crippen LogP contribution in [0.25, 0.3) is 0 Å². The maximum Gasteiger partial charge on any atom is 0.210 e. The molecule has 5 aliphatic carbocycles. The third-order valence-corrected chi connectivity index (χ3v) is 9.78. The average Bonchev–Trinajstić information content (AvgIpc) is 3.18. The Balaban J connectivity index is 1.03. The maximum absolute atomic E-state index is 6.86. The Hall–Kier alpha value is -0.790. The first-order valence-corrected chi connectivity index (χ1v) is 13.9. The van der Waals surface area contributed by atoms with Crippen LogP contribution in [0.3, 0.4) is 0 Å². The highest BCUT2D eigenvalue weighted by Gasteiger charge is 2.66. The van der Waals surface area contributed by atoms with E-state index in [1.807, 2.05) is 11.8 Å². The minimum atomic E-state index is -0.518. The lowest BCUT2D eigenvalue weighted by Gasteiger charge is -2.57. The molecule has 0 radical (unpaired) electrons. The number of rotatable bonds is 7. The molecule has 1 heterocycles. The molecule has 0 unspecified atom stereocenters. The van der Waals surface area contributed by atoms with E-state index >= 15 is 0 Å². The SMILES string of the molecule is NCCSCCOc1ccc([C@H]2CC[C@]3(CC2)OO[C@]2(O3)C3CC4CC(C3)CC2C4)cc1. The highest BCUT2D eigenvalue weighted by molar-refractivity contribution is 7.99. The second kappa shape index (κ2) is 8.77. The summed E-state index contributed by atoms with van der Waals surface area (Å²) in [6.07, 6.45) is 10.5. The summed E-state index contributed by atoms with van der Waals surface area (Å²) >= 11 is 1.84. The van der Waals surface area contributed by atoms with Crippen molar-refractivity contribution in [3.63, 3.8) is 0 Å². The molecular formula is C26H37NO4S. The largest absolute Gasteiger partial charge is 0.493 e. The van der Waals surface area contributed by atoms with Gasteiger partial charge in [0, 0.05) is 42.7 Å². The lowest BCUT2D eigenvalue weighted by molar-refractivity contribution is -0.390. The summed E-state index contributed by atoms with van der Waals surface area (Å²) in [6, 6.07) is 8.69. The zero-order chi connectivity index (χ0) is 21.6. The number of benzene rings is 1. The summed E-state index contributed by atoms with van der Waals surface area (Å²) in [5.41, 5.74) is 6.92. The third-order valence-electron chi connectivity index (χ3n) is 8.80. The number of thioether (sulfide) groups is 1. The number of ether oxygens (including phenoxy) is 2. The van der Waals surface area contributed by atoms with E-state index in [1.54, 1.807) is 0 Å². The first-order valence-electron chi connectivity index (χ1n) is 12.8. The Morgan fingerprint density at radius 2 is 1.59 bits per heavy atom. The van der Waals surface area contributed by atoms with Crippen LogP contribution in [-0.2, 0) is 14.5 Å². The fourth-order valence-electron chi connectivity index (χ4n) is 7.43. The molecule has 7 rings (SSSR count). The summed E-state index contributed by atoms with van der Waals surface area (Å²) in [7, 11) is 0. The van der Waals surface area contributed by atoms with Gasteiger partial charge in [0.2, 0.25) is 11.6 Å². The molecule has 1 saturated heterocycles. The molecule has 0 atom stereocenters. The summed E-state index contributed by atoms with van der Waals surface area (Å²) in [5.74, 6) is 5.40. The number of hydrogen-bond donors (Lipinski definition) is 1. The van der Waals surface area contributed by atoms with Gasteiger partial charge in [-0.2, -0.15) is 21.5 Å². The van der Waals surface area contributed by atoms with Crippen LogP contribution in [0.2, 0.25) is 0 Å². The van der Waals surface area contributed by atoms with Gasteiger partial charge in [-0.05, 0) is 80.4 Å². The van der Waals surface area contributed by atoms with Crippen molar-refractivity contribution in [2.24, 2.45) is 29.4 Å². The Morgan fingerprint density at radius 3 is 2.25 bits per heavy atom. The van der Waals surface area contributed by atoms with Crippen molar-refractivity contribution in [2.75, 3.05) is 24.7 Å². The molecule has 5 nitrogen and oxygen atoms in total. The van der Waals surface area contributed by atoms with Crippen molar-refractivity contribution in [1.29, 1.82) is 0 Å². The minimum absolute atomic E-state index is 0.443. The van der Waals surface area contributed by atoms with Crippen LogP contribution >= 0.6 is 11.8 Å². The van der Waals surface area contributed by atoms with Gasteiger partial charge in [0.25, 0.3) is 0 Å². The van der Waals surface area contributed by atoms with Crippen molar-refractivity contribution in [3.05, 3.63) is 29.8 Å². The lowest BCUT2D eigenvalue weighted by Crippen LogP contribution is -2.59. The number of hydrogen-bond acceptors (Lipinski definition) is 6. The van der Waals surface area contributed by atoms with Crippen molar-refractivity contribution < 1.29 is 19.2 Å². The molecule has 4 bridgehead atoms. The fraction of sp³-hybridized carbons (Fsp3) is 0.769. The highest BCUT2D eigenvalue weighted by Crippen LogP contribution is 2.64. The zero-order valence-corrected chi connectivity index (χ0v) is 19.8. The topological polar surface area (TPSA) is 62.9 Å². The van der Waals surface area contributed by atoms with Gasteiger partial charge < -0.3 is 15.2 Å². The van der Waals surface area contributed by atoms with E-state index in [2.05, 4.69) is 24.3 Å². The highest BCUT2D eigenvalue weighted by atomic mass is 32.2. The summed E-state index contributed by atoms with van der Waals surface area (Å²) < 4.78 is 12.7. The fourth-order valence-corrected chi connectivity index (χ4v) is 8.00. The van der Waals surface area contributed by atoms with Gasteiger partial charge in [-0.15, -0.1) is 0 Å². The van der Waals surface area contributed by atoms with Gasteiger partial charge in [0.05, 0.1) is 6.61 Å². The first-order chi connectivity index (χ1) is 15.7. The quantitative estimate of drug-likeness (QED) is 0.444. The van der Waals surface area contributed by atoms with E-state index < -0.39 is 11.6 Å². The van der Waals surface area contributed by atoms with E-state index in [9.17, 15) is 0 Å². The van der Waals surface area contributed by atoms with Gasteiger partial charge in [-0.3, -0.25) is 0 Å². The first kappa shape index (κ1) is 21.7. The van der Waals surface area contributed by atoms with Crippen LogP contribution in [0.4, 0.5) is 0 Å². The lowest BCUT2D eigenvalue weighted by atomic mass is 9.53. The average molecular weight is 460 g/mol. The van der Waals surface area contributed by atoms with Gasteiger partial charge in [0.1, 0.15) is 5.75 Å². The van der Waals surface area contributed by atoms with Crippen molar-refractivity contribution in [2.45, 2.75) is 75.3 Å². The summed E-state index contributed by atoms with van der Waals surface area (Å²) in [4.78, 5) is 12.3. The Labute approximate surface area is 196 Å². The molecule has 2 N–H and O–H groups in total. The van der Waals surface area contributed by atoms with Crippen LogP contribution in [0.15, 0.2) is 24.3 Å². The van der Waals surface area contributed by atoms with Gasteiger partial charge >= 0.3 is 0 Å². The molecule has 1 aliphatic heterocycles. The molecule has 2 spiro atoms. The third kappa shape index (κ3) is 3.90. The molecule has 6 fully saturated rings. The molecule has 5 saturated carbocycles. The molecule has 6 aliphatic rings. The Kier molecular flexibility index (Phi) is 5.95. The minimum Gasteiger partial charge on any atom is -0.493 e. The van der Waals surface area contributed by atoms with Gasteiger partial charge in [0.15, 0.2) is 0 Å². The predicted molar refractivity (Wildman–Crippen MR) is 125 cm³/mol. The monoisotopic (exact) mass is 459 g/mol. The smallest absolute Gasteiger partial charge is 0.210 e. The van der Waals surface area contributed by atoms with Gasteiger partial charge in [-0.25, -0.2) is 0 Å². The Bertz CT molecular complexity index is 764. The van der Waals surface area contributed by atoms with E-state index in [0.29, 0.717) is 17.8 Å². The van der Waals surface area contributed by atoms with Crippen LogP contribution in [0, 0.1) is 23.7 Å². The van der Waals surface area contributed by atoms with Gasteiger partial charge in [-0.1, -0.05) is 12.1 Å². The normalized spacial score (nSPS) is 42.2. The molecule has 0 amide bonds. The maximum atomic E-state index is 6.86. The Morgan fingerprint density at radius 1 is 0.906 bits per heavy atom. The predicted octanol–water partition coefficient (Wildman–Crippen LogP) is 5.24. The van der Waals surface area contributed by atoms with E-state index in [-0.39, 0.29) is 0 Å². The van der Waals surface area contributed by atoms with Crippen molar-refractivity contribution in [3.8, 4) is 5.75 Å². The second-order valence-corrected chi connectivity index (χ2v) is 12.0. The second-order valence-electron chi connectivity index (χ2n) is 10.8. The number of nitrogens with two attached hydrogens (primary N) is 1. The molecule has 1 aromatic carbocycles. The van der Waals surface area contributed by atoms with Crippen molar-refractivity contribution in [1.82, 2.24) is 0 Å². The van der Waals surface area contributed by atoms with E-state index in [1.165, 1.54) is 37.7 Å². The molecular weight excluding hydrogens is 422 g/mol. The standard InChI is InChI=1S/C26H37NO4S/c27-9-11-32-12-10-28-24-3-1-20(2-4-24)21-5-7-25(8-6-21)29-26(31-30-25)22-14-18-13-19(16-22)17-23(26)15-18/h1-4,18-19,21-23H,5-17,27H2/t18?,19?,21-,22?,23?,25+,26-. The van der Waals surface area contributed by atoms with E-state index in [0.717, 1.165) is 67.9 Å². The molecule has 1 aromatic rings. The summed E-state index contributed by atoms with van der Waals surface area (Å²) in [5, 5.41) is 0. The van der Waals surface area contributed by atoms with Crippen LogP contribution in [0.5, 0.6) is 5.75 Å². The summed E-state index contributed by atoms with van der Waals surface area (Å²) in [6.45, 7) is 1.46. The molecule has 176 valence electrons. The van der Waals surface area contributed by atoms with E-state index in [4.69, 9.17) is 25.0 Å². The van der Waals surface area contributed by atoms with Crippen LogP contribution in [0.1, 0.15) is 69.3 Å².